The summed E-state index contributed by atoms with van der Waals surface area (Å²) in [5.74, 6) is 0.825. The molecule has 0 aliphatic heterocycles. The van der Waals surface area contributed by atoms with Gasteiger partial charge in [-0.05, 0) is 24.3 Å². The SMILES string of the molecule is C=CCNC(=O)c1c(N)n(N=Cc2cccc(OC)c2OC)c2nc3ccccc3nc12. The van der Waals surface area contributed by atoms with Crippen molar-refractivity contribution in [3.8, 4) is 11.5 Å². The molecule has 32 heavy (non-hydrogen) atoms. The van der Waals surface area contributed by atoms with Gasteiger partial charge in [-0.2, -0.15) is 9.78 Å². The van der Waals surface area contributed by atoms with Crippen LogP contribution < -0.4 is 20.5 Å². The number of benzene rings is 2. The van der Waals surface area contributed by atoms with E-state index in [1.165, 1.54) is 4.68 Å². The fourth-order valence-electron chi connectivity index (χ4n) is 3.38. The Labute approximate surface area is 184 Å². The van der Waals surface area contributed by atoms with Gasteiger partial charge in [-0.1, -0.05) is 24.3 Å². The number of nitrogen functional groups attached to an aromatic ring is 1. The first-order chi connectivity index (χ1) is 15.6. The van der Waals surface area contributed by atoms with Crippen LogP contribution in [0.15, 0.2) is 60.2 Å². The average Bonchev–Trinajstić information content (AvgIpc) is 3.09. The number of para-hydroxylation sites is 3. The number of hydrogen-bond donors (Lipinski definition) is 2. The number of nitrogens with two attached hydrogens (primary N) is 1. The smallest absolute Gasteiger partial charge is 0.257 e. The lowest BCUT2D eigenvalue weighted by atomic mass is 10.2. The molecule has 2 aromatic carbocycles. The van der Waals surface area contributed by atoms with Gasteiger partial charge in [0.1, 0.15) is 16.9 Å². The Kier molecular flexibility index (Phi) is 5.71. The molecular formula is C23H22N6O3. The van der Waals surface area contributed by atoms with Gasteiger partial charge in [0.25, 0.3) is 5.91 Å². The number of fused-ring (bicyclic) bond motifs is 2. The van der Waals surface area contributed by atoms with Crippen molar-refractivity contribution >= 4 is 40.1 Å². The highest BCUT2D eigenvalue weighted by atomic mass is 16.5. The average molecular weight is 430 g/mol. The first kappa shape index (κ1) is 20.9. The molecule has 0 fully saturated rings. The van der Waals surface area contributed by atoms with Gasteiger partial charge < -0.3 is 20.5 Å². The summed E-state index contributed by atoms with van der Waals surface area (Å²) in [5, 5.41) is 7.25. The molecule has 0 saturated carbocycles. The van der Waals surface area contributed by atoms with Crippen LogP contribution in [-0.2, 0) is 0 Å². The van der Waals surface area contributed by atoms with Crippen molar-refractivity contribution in [1.82, 2.24) is 20.0 Å². The maximum absolute atomic E-state index is 12.8. The zero-order valence-electron chi connectivity index (χ0n) is 17.7. The van der Waals surface area contributed by atoms with E-state index in [4.69, 9.17) is 15.2 Å². The van der Waals surface area contributed by atoms with E-state index < -0.39 is 0 Å². The molecule has 2 heterocycles. The predicted octanol–water partition coefficient (Wildman–Crippen LogP) is 2.98. The Morgan fingerprint density at radius 2 is 1.91 bits per heavy atom. The zero-order valence-corrected chi connectivity index (χ0v) is 17.7. The molecule has 0 radical (unpaired) electrons. The van der Waals surface area contributed by atoms with E-state index in [0.717, 1.165) is 0 Å². The number of nitrogens with zero attached hydrogens (tertiary/aromatic N) is 4. The van der Waals surface area contributed by atoms with Crippen molar-refractivity contribution in [1.29, 1.82) is 0 Å². The van der Waals surface area contributed by atoms with Crippen molar-refractivity contribution < 1.29 is 14.3 Å². The second kappa shape index (κ2) is 8.76. The number of anilines is 1. The number of nitrogens with one attached hydrogen (secondary N) is 1. The number of ether oxygens (including phenoxy) is 2. The summed E-state index contributed by atoms with van der Waals surface area (Å²) < 4.78 is 12.2. The molecule has 1 amide bonds. The fourth-order valence-corrected chi connectivity index (χ4v) is 3.38. The van der Waals surface area contributed by atoms with Gasteiger partial charge in [0.15, 0.2) is 17.1 Å². The van der Waals surface area contributed by atoms with Gasteiger partial charge in [0.05, 0.1) is 31.5 Å². The Morgan fingerprint density at radius 1 is 1.16 bits per heavy atom. The lowest BCUT2D eigenvalue weighted by Crippen LogP contribution is -2.24. The van der Waals surface area contributed by atoms with Crippen LogP contribution in [0.25, 0.3) is 22.2 Å². The minimum Gasteiger partial charge on any atom is -0.493 e. The van der Waals surface area contributed by atoms with Gasteiger partial charge in [0, 0.05) is 12.1 Å². The number of carbonyl (C=O) groups excluding carboxylic acids is 1. The maximum atomic E-state index is 12.8. The molecule has 4 rings (SSSR count). The van der Waals surface area contributed by atoms with Gasteiger partial charge in [-0.3, -0.25) is 4.79 Å². The van der Waals surface area contributed by atoms with Crippen molar-refractivity contribution in [3.63, 3.8) is 0 Å². The van der Waals surface area contributed by atoms with E-state index in [0.29, 0.717) is 39.3 Å². The molecule has 4 aromatic rings. The molecule has 0 bridgehead atoms. The topological polar surface area (TPSA) is 117 Å². The first-order valence-corrected chi connectivity index (χ1v) is 9.80. The number of hydrogen-bond acceptors (Lipinski definition) is 7. The second-order valence-corrected chi connectivity index (χ2v) is 6.78. The Balaban J connectivity index is 1.92. The Bertz CT molecular complexity index is 1360. The van der Waals surface area contributed by atoms with Crippen LogP contribution in [0.3, 0.4) is 0 Å². The molecular weight excluding hydrogens is 408 g/mol. The lowest BCUT2D eigenvalue weighted by molar-refractivity contribution is 0.0960. The second-order valence-electron chi connectivity index (χ2n) is 6.78. The quantitative estimate of drug-likeness (QED) is 0.344. The zero-order chi connectivity index (χ0) is 22.7. The van der Waals surface area contributed by atoms with E-state index in [1.54, 1.807) is 32.6 Å². The third-order valence-corrected chi connectivity index (χ3v) is 4.85. The largest absolute Gasteiger partial charge is 0.493 e. The van der Waals surface area contributed by atoms with Crippen LogP contribution in [0, 0.1) is 0 Å². The van der Waals surface area contributed by atoms with Crippen molar-refractivity contribution in [2.75, 3.05) is 26.5 Å². The molecule has 9 heteroatoms. The van der Waals surface area contributed by atoms with E-state index in [2.05, 4.69) is 27.0 Å². The summed E-state index contributed by atoms with van der Waals surface area (Å²) in [4.78, 5) is 22.1. The number of amides is 1. The number of methoxy groups -OCH3 is 2. The summed E-state index contributed by atoms with van der Waals surface area (Å²) in [6.07, 6.45) is 3.15. The first-order valence-electron chi connectivity index (χ1n) is 9.80. The summed E-state index contributed by atoms with van der Waals surface area (Å²) in [7, 11) is 3.11. The number of carbonyl (C=O) groups is 1. The highest BCUT2D eigenvalue weighted by Gasteiger charge is 2.23. The third-order valence-electron chi connectivity index (χ3n) is 4.85. The molecule has 2 aromatic heterocycles. The summed E-state index contributed by atoms with van der Waals surface area (Å²) in [5.41, 5.74) is 9.27. The summed E-state index contributed by atoms with van der Waals surface area (Å²) in [6, 6.07) is 12.8. The van der Waals surface area contributed by atoms with Crippen molar-refractivity contribution in [2.45, 2.75) is 0 Å². The third kappa shape index (κ3) is 3.60. The van der Waals surface area contributed by atoms with Crippen LogP contribution >= 0.6 is 0 Å². The van der Waals surface area contributed by atoms with Crippen molar-refractivity contribution in [2.24, 2.45) is 5.10 Å². The van der Waals surface area contributed by atoms with Gasteiger partial charge in [-0.25, -0.2) is 9.97 Å². The maximum Gasteiger partial charge on any atom is 0.257 e. The van der Waals surface area contributed by atoms with Crippen LogP contribution in [0.1, 0.15) is 15.9 Å². The molecule has 0 aliphatic rings. The molecule has 162 valence electrons. The monoisotopic (exact) mass is 430 g/mol. The van der Waals surface area contributed by atoms with Crippen molar-refractivity contribution in [3.05, 3.63) is 66.2 Å². The van der Waals surface area contributed by atoms with Gasteiger partial charge in [0.2, 0.25) is 0 Å². The molecule has 3 N–H and O–H groups in total. The minimum absolute atomic E-state index is 0.120. The number of aromatic nitrogens is 3. The minimum atomic E-state index is -0.384. The highest BCUT2D eigenvalue weighted by molar-refractivity contribution is 6.10. The van der Waals surface area contributed by atoms with Crippen LogP contribution in [-0.4, -0.2) is 47.5 Å². The van der Waals surface area contributed by atoms with Crippen LogP contribution in [0.4, 0.5) is 5.82 Å². The molecule has 9 nitrogen and oxygen atoms in total. The number of rotatable bonds is 7. The molecule has 0 unspecified atom stereocenters. The van der Waals surface area contributed by atoms with E-state index in [1.807, 2.05) is 36.4 Å². The lowest BCUT2D eigenvalue weighted by Gasteiger charge is -2.09. The molecule has 0 saturated heterocycles. The molecule has 0 atom stereocenters. The highest BCUT2D eigenvalue weighted by Crippen LogP contribution is 2.31. The summed E-state index contributed by atoms with van der Waals surface area (Å²) in [6.45, 7) is 3.91. The van der Waals surface area contributed by atoms with Gasteiger partial charge in [-0.15, -0.1) is 6.58 Å². The predicted molar refractivity (Wildman–Crippen MR) is 125 cm³/mol. The van der Waals surface area contributed by atoms with Crippen LogP contribution in [0.5, 0.6) is 11.5 Å². The van der Waals surface area contributed by atoms with E-state index in [-0.39, 0.29) is 23.8 Å². The van der Waals surface area contributed by atoms with Gasteiger partial charge >= 0.3 is 0 Å². The Hall–Kier alpha value is -4.40. The van der Waals surface area contributed by atoms with E-state index >= 15 is 0 Å². The standard InChI is InChI=1S/C23H22N6O3/c1-4-12-25-23(30)18-19-22(28-16-10-6-5-9-15(16)27-19)29(21(18)24)26-13-14-8-7-11-17(31-2)20(14)32-3/h4-11,13H,1,12,24H2,2-3H3,(H,25,30). The molecule has 0 spiro atoms. The summed E-state index contributed by atoms with van der Waals surface area (Å²) >= 11 is 0. The van der Waals surface area contributed by atoms with Crippen LogP contribution in [0.2, 0.25) is 0 Å². The fraction of sp³-hybridized carbons (Fsp3) is 0.130. The molecule has 0 aliphatic carbocycles. The Morgan fingerprint density at radius 3 is 2.59 bits per heavy atom. The normalized spacial score (nSPS) is 11.2. The van der Waals surface area contributed by atoms with E-state index in [9.17, 15) is 4.79 Å².